The van der Waals surface area contributed by atoms with Crippen LogP contribution in [0.25, 0.3) is 11.0 Å². The second kappa shape index (κ2) is 4.37. The van der Waals surface area contributed by atoms with Crippen LogP contribution >= 0.6 is 11.8 Å². The molecule has 1 aromatic carbocycles. The molecule has 0 radical (unpaired) electrons. The number of hydrogen-bond acceptors (Lipinski definition) is 4. The Bertz CT molecular complexity index is 575. The fourth-order valence-electron chi connectivity index (χ4n) is 1.92. The van der Waals surface area contributed by atoms with E-state index in [1.807, 2.05) is 24.3 Å². The molecule has 1 aromatic heterocycles. The van der Waals surface area contributed by atoms with Crippen LogP contribution in [0.1, 0.15) is 17.4 Å². The number of ether oxygens (including phenoxy) is 1. The van der Waals surface area contributed by atoms with Crippen LogP contribution in [-0.2, 0) is 0 Å². The lowest BCUT2D eigenvalue weighted by Crippen LogP contribution is -2.02. The van der Waals surface area contributed by atoms with Crippen molar-refractivity contribution in [2.45, 2.75) is 11.7 Å². The molecule has 2 heterocycles. The van der Waals surface area contributed by atoms with Gasteiger partial charge < -0.3 is 4.74 Å². The third-order valence-corrected chi connectivity index (χ3v) is 3.85. The molecule has 0 saturated heterocycles. The van der Waals surface area contributed by atoms with Crippen molar-refractivity contribution in [1.82, 2.24) is 9.97 Å². The summed E-state index contributed by atoms with van der Waals surface area (Å²) in [6.45, 7) is 0. The Labute approximate surface area is 104 Å². The molecule has 17 heavy (non-hydrogen) atoms. The van der Waals surface area contributed by atoms with E-state index in [1.165, 1.54) is 0 Å². The number of methoxy groups -OCH3 is 1. The monoisotopic (exact) mass is 244 g/mol. The molecule has 2 aromatic rings. The molecule has 1 unspecified atom stereocenters. The van der Waals surface area contributed by atoms with Crippen molar-refractivity contribution in [3.63, 3.8) is 0 Å². The smallest absolute Gasteiger partial charge is 0.237 e. The maximum atomic E-state index is 5.35. The molecule has 1 aliphatic rings. The van der Waals surface area contributed by atoms with Gasteiger partial charge in [-0.05, 0) is 24.0 Å². The minimum atomic E-state index is 0.335. The summed E-state index contributed by atoms with van der Waals surface area (Å²) in [4.78, 5) is 9.19. The normalized spacial score (nSPS) is 18.8. The molecule has 0 saturated carbocycles. The third kappa shape index (κ3) is 1.89. The molecular weight excluding hydrogens is 232 g/mol. The van der Waals surface area contributed by atoms with Crippen LogP contribution in [0.3, 0.4) is 0 Å². The van der Waals surface area contributed by atoms with Crippen molar-refractivity contribution in [1.29, 1.82) is 0 Å². The standard InChI is InChI=1S/C13H12N2OS/c1-16-13-12(11-7-4-8-17-11)14-9-5-2-3-6-10(9)15-13/h2-6,8,11H,7H2,1H3. The second-order valence-electron chi connectivity index (χ2n) is 3.84. The number of aromatic nitrogens is 2. The Kier molecular flexibility index (Phi) is 2.73. The van der Waals surface area contributed by atoms with Crippen molar-refractivity contribution in [2.75, 3.05) is 7.11 Å². The van der Waals surface area contributed by atoms with Crippen LogP contribution in [0, 0.1) is 0 Å². The first-order chi connectivity index (χ1) is 8.38. The predicted molar refractivity (Wildman–Crippen MR) is 70.2 cm³/mol. The minimum absolute atomic E-state index is 0.335. The number of rotatable bonds is 2. The molecule has 3 rings (SSSR count). The van der Waals surface area contributed by atoms with Gasteiger partial charge in [0.15, 0.2) is 0 Å². The van der Waals surface area contributed by atoms with E-state index in [1.54, 1.807) is 18.9 Å². The molecule has 4 heteroatoms. The molecule has 86 valence electrons. The fraction of sp³-hybridized carbons (Fsp3) is 0.231. The number of fused-ring (bicyclic) bond motifs is 1. The Morgan fingerprint density at radius 3 is 2.65 bits per heavy atom. The number of allylic oxidation sites excluding steroid dienone is 1. The molecule has 3 nitrogen and oxygen atoms in total. The van der Waals surface area contributed by atoms with E-state index in [2.05, 4.69) is 21.5 Å². The van der Waals surface area contributed by atoms with Crippen LogP contribution < -0.4 is 4.74 Å². The number of para-hydroxylation sites is 2. The molecule has 1 atom stereocenters. The highest BCUT2D eigenvalue weighted by Gasteiger charge is 2.21. The largest absolute Gasteiger partial charge is 0.480 e. The zero-order chi connectivity index (χ0) is 11.7. The average molecular weight is 244 g/mol. The highest BCUT2D eigenvalue weighted by atomic mass is 32.2. The van der Waals surface area contributed by atoms with Crippen LogP contribution in [0.4, 0.5) is 0 Å². The van der Waals surface area contributed by atoms with Crippen molar-refractivity contribution >= 4 is 22.8 Å². The van der Waals surface area contributed by atoms with Crippen molar-refractivity contribution in [2.24, 2.45) is 0 Å². The zero-order valence-corrected chi connectivity index (χ0v) is 10.3. The Morgan fingerprint density at radius 1 is 1.24 bits per heavy atom. The molecule has 0 N–H and O–H groups in total. The Morgan fingerprint density at radius 2 is 2.00 bits per heavy atom. The molecule has 0 bridgehead atoms. The lowest BCUT2D eigenvalue weighted by atomic mass is 10.2. The number of hydrogen-bond donors (Lipinski definition) is 0. The summed E-state index contributed by atoms with van der Waals surface area (Å²) in [7, 11) is 1.65. The van der Waals surface area contributed by atoms with Gasteiger partial charge in [-0.15, -0.1) is 11.8 Å². The number of benzene rings is 1. The van der Waals surface area contributed by atoms with Gasteiger partial charge in [0.1, 0.15) is 5.69 Å². The van der Waals surface area contributed by atoms with Crippen molar-refractivity contribution in [3.8, 4) is 5.88 Å². The highest BCUT2D eigenvalue weighted by molar-refractivity contribution is 8.02. The van der Waals surface area contributed by atoms with Gasteiger partial charge in [0.2, 0.25) is 5.88 Å². The van der Waals surface area contributed by atoms with Crippen molar-refractivity contribution < 1.29 is 4.74 Å². The summed E-state index contributed by atoms with van der Waals surface area (Å²) < 4.78 is 5.35. The molecule has 0 spiro atoms. The minimum Gasteiger partial charge on any atom is -0.480 e. The third-order valence-electron chi connectivity index (χ3n) is 2.75. The molecule has 0 aliphatic carbocycles. The summed E-state index contributed by atoms with van der Waals surface area (Å²) in [6, 6.07) is 7.88. The van der Waals surface area contributed by atoms with Gasteiger partial charge in [-0.1, -0.05) is 18.2 Å². The molecule has 0 fully saturated rings. The van der Waals surface area contributed by atoms with Gasteiger partial charge in [0, 0.05) is 0 Å². The molecule has 0 amide bonds. The highest BCUT2D eigenvalue weighted by Crippen LogP contribution is 2.41. The quantitative estimate of drug-likeness (QED) is 0.811. The molecular formula is C13H12N2OS. The molecule has 1 aliphatic heterocycles. The first-order valence-corrected chi connectivity index (χ1v) is 6.44. The van der Waals surface area contributed by atoms with Gasteiger partial charge in [-0.2, -0.15) is 0 Å². The van der Waals surface area contributed by atoms with E-state index in [0.29, 0.717) is 11.1 Å². The van der Waals surface area contributed by atoms with E-state index in [9.17, 15) is 0 Å². The maximum Gasteiger partial charge on any atom is 0.237 e. The first-order valence-electron chi connectivity index (χ1n) is 5.49. The van der Waals surface area contributed by atoms with E-state index in [-0.39, 0.29) is 0 Å². The van der Waals surface area contributed by atoms with E-state index >= 15 is 0 Å². The van der Waals surface area contributed by atoms with Crippen LogP contribution in [0.2, 0.25) is 0 Å². The van der Waals surface area contributed by atoms with E-state index in [0.717, 1.165) is 23.1 Å². The van der Waals surface area contributed by atoms with Gasteiger partial charge in [-0.3, -0.25) is 0 Å². The van der Waals surface area contributed by atoms with Crippen LogP contribution in [0.15, 0.2) is 35.7 Å². The zero-order valence-electron chi connectivity index (χ0n) is 9.46. The van der Waals surface area contributed by atoms with Crippen LogP contribution in [0.5, 0.6) is 5.88 Å². The summed E-state index contributed by atoms with van der Waals surface area (Å²) in [6.07, 6.45) is 3.15. The van der Waals surface area contributed by atoms with Crippen molar-refractivity contribution in [3.05, 3.63) is 41.4 Å². The van der Waals surface area contributed by atoms with Gasteiger partial charge in [0.05, 0.1) is 23.4 Å². The predicted octanol–water partition coefficient (Wildman–Crippen LogP) is 3.33. The summed E-state index contributed by atoms with van der Waals surface area (Å²) >= 11 is 1.77. The maximum absolute atomic E-state index is 5.35. The first kappa shape index (κ1) is 10.6. The Hall–Kier alpha value is -1.55. The number of nitrogens with zero attached hydrogens (tertiary/aromatic N) is 2. The van der Waals surface area contributed by atoms with Crippen LogP contribution in [-0.4, -0.2) is 17.1 Å². The summed E-state index contributed by atoms with van der Waals surface area (Å²) in [5, 5.41) is 2.45. The lowest BCUT2D eigenvalue weighted by Gasteiger charge is -2.12. The Balaban J connectivity index is 2.14. The van der Waals surface area contributed by atoms with E-state index in [4.69, 9.17) is 4.74 Å². The fourth-order valence-corrected chi connectivity index (χ4v) is 2.84. The van der Waals surface area contributed by atoms with Gasteiger partial charge >= 0.3 is 0 Å². The average Bonchev–Trinajstić information content (AvgIpc) is 2.91. The SMILES string of the molecule is COc1nc2ccccc2nc1C1CC=CS1. The van der Waals surface area contributed by atoms with E-state index < -0.39 is 0 Å². The number of thioether (sulfide) groups is 1. The summed E-state index contributed by atoms with van der Waals surface area (Å²) in [5.41, 5.74) is 2.75. The summed E-state index contributed by atoms with van der Waals surface area (Å²) in [5.74, 6) is 0.643. The van der Waals surface area contributed by atoms with Gasteiger partial charge in [0.25, 0.3) is 0 Å². The second-order valence-corrected chi connectivity index (χ2v) is 4.95. The topological polar surface area (TPSA) is 35.0 Å². The van der Waals surface area contributed by atoms with Gasteiger partial charge in [-0.25, -0.2) is 9.97 Å². The lowest BCUT2D eigenvalue weighted by molar-refractivity contribution is 0.391.